The first-order chi connectivity index (χ1) is 45.4. The molecule has 0 fully saturated rings. The maximum atomic E-state index is 14.4. The van der Waals surface area contributed by atoms with Crippen molar-refractivity contribution in [3.63, 3.8) is 0 Å². The number of hydrogen-bond acceptors (Lipinski definition) is 27. The number of aliphatic hydroxyl groups excluding tert-OH is 7. The van der Waals surface area contributed by atoms with E-state index in [1.165, 1.54) is 13.0 Å². The van der Waals surface area contributed by atoms with Gasteiger partial charge in [-0.1, -0.05) is 0 Å². The molecule has 0 aromatic heterocycles. The number of hydrogen-bond donors (Lipinski definition) is 25. The second-order valence-corrected chi connectivity index (χ2v) is 21.9. The molecule has 97 heavy (non-hydrogen) atoms. The molecule has 2 aliphatic heterocycles. The van der Waals surface area contributed by atoms with Crippen molar-refractivity contribution in [2.24, 2.45) is 5.73 Å². The number of hydroxylamine groups is 2. The predicted octanol–water partition coefficient (Wildman–Crippen LogP) is -11.3. The summed E-state index contributed by atoms with van der Waals surface area (Å²) in [5.74, 6) is -22.8. The highest BCUT2D eigenvalue weighted by Crippen LogP contribution is 2.40. The van der Waals surface area contributed by atoms with Gasteiger partial charge in [0.1, 0.15) is 54.2 Å². The zero-order valence-corrected chi connectivity index (χ0v) is 51.8. The number of phenolic OH excluding ortho intramolecular Hbond substituents is 1. The van der Waals surface area contributed by atoms with Crippen molar-refractivity contribution in [2.45, 2.75) is 151 Å². The average Bonchev–Trinajstić information content (AvgIpc) is 0.749. The lowest BCUT2D eigenvalue weighted by molar-refractivity contribution is -0.167. The molecule has 0 saturated heterocycles. The van der Waals surface area contributed by atoms with E-state index in [1.807, 2.05) is 16.0 Å². The molecule has 2 heterocycles. The van der Waals surface area contributed by atoms with E-state index >= 15 is 0 Å². The number of aromatic hydroxyl groups is 1. The number of carboxylic acid groups (broad SMARTS) is 4. The molecule has 0 aromatic rings. The van der Waals surface area contributed by atoms with Gasteiger partial charge in [-0.15, -0.1) is 0 Å². The monoisotopic (exact) mass is 1390 g/mol. The highest BCUT2D eigenvalue weighted by atomic mass is 16.5. The maximum Gasteiger partial charge on any atom is 0.335 e. The number of phenols is 1. The van der Waals surface area contributed by atoms with Crippen LogP contribution in [0.3, 0.4) is 0 Å². The second kappa shape index (κ2) is 37.7. The number of fused-ring (bicyclic) bond motifs is 3. The van der Waals surface area contributed by atoms with E-state index < -0.39 is 250 Å². The summed E-state index contributed by atoms with van der Waals surface area (Å²) in [7, 11) is 0. The quantitative estimate of drug-likeness (QED) is 0.0218. The van der Waals surface area contributed by atoms with Crippen molar-refractivity contribution in [3.05, 3.63) is 28.4 Å². The second-order valence-electron chi connectivity index (χ2n) is 21.9. The third kappa shape index (κ3) is 24.2. The van der Waals surface area contributed by atoms with E-state index in [9.17, 15) is 138 Å². The Bertz CT molecular complexity index is 3270. The largest absolute Gasteiger partial charge is 0.504 e. The van der Waals surface area contributed by atoms with Crippen LogP contribution in [-0.4, -0.2) is 283 Å². The summed E-state index contributed by atoms with van der Waals surface area (Å²) in [6.45, 7) is -1.72. The van der Waals surface area contributed by atoms with E-state index in [0.717, 1.165) is 30.5 Å². The van der Waals surface area contributed by atoms with Crippen LogP contribution in [-0.2, 0) is 71.9 Å². The first kappa shape index (κ1) is 81.0. The number of aliphatic hydroxyl groups is 7. The Labute approximate surface area is 546 Å². The first-order valence-electron chi connectivity index (χ1n) is 29.2. The maximum absolute atomic E-state index is 14.4. The first-order valence-corrected chi connectivity index (χ1v) is 29.2. The topological polar surface area (TPSA) is 703 Å². The van der Waals surface area contributed by atoms with Gasteiger partial charge in [0, 0.05) is 24.7 Å². The number of benzene rings is 1. The molecule has 43 nitrogen and oxygen atoms in total. The number of pyridine rings is 1. The molecule has 0 unspecified atom stereocenters. The summed E-state index contributed by atoms with van der Waals surface area (Å²) in [5, 5.41) is 152. The molecule has 14 atom stereocenters. The minimum atomic E-state index is -2.79. The van der Waals surface area contributed by atoms with Gasteiger partial charge in [-0.3, -0.25) is 67.5 Å². The predicted molar refractivity (Wildman–Crippen MR) is 320 cm³/mol. The van der Waals surface area contributed by atoms with E-state index in [1.54, 1.807) is 10.6 Å². The third-order valence-corrected chi connectivity index (χ3v) is 14.1. The molecule has 26 N–H and O–H groups in total. The van der Waals surface area contributed by atoms with Gasteiger partial charge in [0.25, 0.3) is 0 Å². The van der Waals surface area contributed by atoms with Gasteiger partial charge < -0.3 is 130 Å². The van der Waals surface area contributed by atoms with Crippen LogP contribution in [0.5, 0.6) is 5.75 Å². The highest BCUT2D eigenvalue weighted by molar-refractivity contribution is 6.01. The van der Waals surface area contributed by atoms with Crippen molar-refractivity contribution >= 4 is 100 Å². The summed E-state index contributed by atoms with van der Waals surface area (Å²) in [5.41, 5.74) is 4.56. The smallest absolute Gasteiger partial charge is 0.335 e. The number of carboxylic acids is 4. The van der Waals surface area contributed by atoms with Gasteiger partial charge in [0.15, 0.2) is 24.0 Å². The van der Waals surface area contributed by atoms with Crippen LogP contribution in [0.2, 0.25) is 0 Å². The molecule has 3 aliphatic rings. The van der Waals surface area contributed by atoms with Crippen LogP contribution < -0.4 is 69.6 Å². The van der Waals surface area contributed by atoms with Gasteiger partial charge in [0.2, 0.25) is 70.4 Å². The van der Waals surface area contributed by atoms with Crippen molar-refractivity contribution in [2.75, 3.05) is 50.0 Å². The molecule has 1 aliphatic carbocycles. The number of nitrogens with one attached hydrogen (secondary N) is 11. The zero-order chi connectivity index (χ0) is 73.5. The number of carbonyl (C=O) groups is 15. The fraction of sp³-hybridized carbons (Fsp3) is 0.556. The van der Waals surface area contributed by atoms with Crippen molar-refractivity contribution in [3.8, 4) is 17.0 Å². The zero-order valence-electron chi connectivity index (χ0n) is 51.8. The van der Waals surface area contributed by atoms with Gasteiger partial charge >= 0.3 is 23.9 Å². The Kier molecular flexibility index (Phi) is 31.5. The highest BCUT2D eigenvalue weighted by Gasteiger charge is 2.41. The van der Waals surface area contributed by atoms with E-state index in [2.05, 4.69) is 31.9 Å². The summed E-state index contributed by atoms with van der Waals surface area (Å²) in [6.07, 6.45) is -14.2. The molecule has 3 rings (SSSR count). The van der Waals surface area contributed by atoms with Crippen molar-refractivity contribution in [1.29, 1.82) is 0 Å². The molecule has 11 amide bonds. The summed E-state index contributed by atoms with van der Waals surface area (Å²) < 4.78 is 1.15. The number of anilines is 2. The fourth-order valence-electron chi connectivity index (χ4n) is 9.13. The lowest BCUT2D eigenvalue weighted by Gasteiger charge is -2.34. The Morgan fingerprint density at radius 2 is 1.14 bits per heavy atom. The number of nitrogens with two attached hydrogens (primary N) is 1. The van der Waals surface area contributed by atoms with Gasteiger partial charge in [0.05, 0.1) is 68.7 Å². The normalized spacial score (nSPS) is 16.5. The van der Waals surface area contributed by atoms with Crippen LogP contribution in [0.25, 0.3) is 11.3 Å². The van der Waals surface area contributed by atoms with Crippen LogP contribution in [0.15, 0.2) is 23.0 Å². The summed E-state index contributed by atoms with van der Waals surface area (Å²) in [6, 6.07) is -15.0. The standard InChI is InChI=1S/C54H78N14O29/c1-20(71)11-37(79)67(97)10-4-5-24(60-46(85)27(14-38(80)81)62-49(88)30-7-9-56-43-26(58-35(77)16-34(76)52(91)92)12-23-13-32(74)33(75)15-31(23)68(30)43)44(83)61-25(6-8-55)45(84)64-39(21(2)72)50(89)57-17-36(78)59-28(18-69)47(86)63-29(19-70)48(87)66-41(42(82)54(95)96)51(90)65-40(22(3)73)53(93)94/h12-13,15,20-22,24-25,27-30,34,39-42,56,69-74,76,82,97H,4-11,14,16-19,55H2,1-3H3,(H,57,89)(H,58,77)(H,59,78)(H,60,85)(H,61,83)(H,62,88)(H,63,86)(H,64,84)(H,65,90)(H,66,87)(H,80,81)(H,91,92)(H,93,94)(H,95,96)/t20-,21-,22-,24-,25-,27+,28+,29+,30+,34+,39+,40+,41+,42+/m1/s1. The molecule has 0 spiro atoms. The lowest BCUT2D eigenvalue weighted by Crippen LogP contribution is -2.63. The molecule has 0 bridgehead atoms. The Hall–Kier alpha value is -10.3. The Morgan fingerprint density at radius 3 is 1.69 bits per heavy atom. The van der Waals surface area contributed by atoms with Crippen molar-refractivity contribution < 1.29 is 138 Å². The van der Waals surface area contributed by atoms with Crippen molar-refractivity contribution in [1.82, 2.24) is 57.5 Å². The molecule has 0 saturated carbocycles. The fourth-order valence-corrected chi connectivity index (χ4v) is 9.13. The number of nitrogens with zero attached hydrogens (tertiary/aromatic N) is 2. The lowest BCUT2D eigenvalue weighted by atomic mass is 10.0. The molecular weight excluding hydrogens is 1310 g/mol. The Balaban J connectivity index is 1.87. The van der Waals surface area contributed by atoms with Crippen LogP contribution in [0, 0.1) is 0 Å². The van der Waals surface area contributed by atoms with Crippen LogP contribution in [0.4, 0.5) is 11.5 Å². The van der Waals surface area contributed by atoms with Crippen LogP contribution in [0.1, 0.15) is 71.8 Å². The Morgan fingerprint density at radius 1 is 0.608 bits per heavy atom. The molecule has 0 aromatic carbocycles. The minimum absolute atomic E-state index is 0.00205. The van der Waals surface area contributed by atoms with E-state index in [-0.39, 0.29) is 47.2 Å². The summed E-state index contributed by atoms with van der Waals surface area (Å²) >= 11 is 0. The third-order valence-electron chi connectivity index (χ3n) is 14.1. The number of amides is 11. The average molecular weight is 1390 g/mol. The van der Waals surface area contributed by atoms with E-state index in [4.69, 9.17) is 10.8 Å². The van der Waals surface area contributed by atoms with Gasteiger partial charge in [-0.25, -0.2) is 19.4 Å². The number of aromatic nitrogens is 1. The van der Waals surface area contributed by atoms with Gasteiger partial charge in [-0.05, 0) is 65.1 Å². The number of rotatable bonds is 39. The summed E-state index contributed by atoms with van der Waals surface area (Å²) in [4.78, 5) is 207. The van der Waals surface area contributed by atoms with Crippen LogP contribution >= 0.6 is 0 Å². The minimum Gasteiger partial charge on any atom is -0.504 e. The SMILES string of the molecule is C[C@@H](O)CC(=O)N(O)CCC[C@@H](NC(=O)[C@H](CC(=O)O)NC(=O)[C@@H]1CCNc2c(NC(=O)C[C@H](O)C(=O)O)cc3cc(O)c(=O)cc-3n21)C(=O)N[C@H](CCN)C(=O)N[C@H](C(=O)NCC(=O)N[C@@H](CO)C(=O)N[C@@H](CO)C(=O)N[C@H](C(=O)N[C@H](C(=O)O)[C@@H](C)O)[C@H](O)C(=O)O)[C@@H](C)O. The van der Waals surface area contributed by atoms with Gasteiger partial charge in [-0.2, -0.15) is 0 Å². The number of carbonyl (C=O) groups excluding carboxylic acids is 11. The van der Waals surface area contributed by atoms with E-state index in [0.29, 0.717) is 0 Å². The number of aliphatic carboxylic acids is 4. The molecular formula is C54H78N14O29. The molecule has 43 heteroatoms. The molecule has 0 radical (unpaired) electrons. The molecule has 538 valence electrons.